The predicted molar refractivity (Wildman–Crippen MR) is 139 cm³/mol. The van der Waals surface area contributed by atoms with Crippen molar-refractivity contribution in [2.45, 2.75) is 57.3 Å². The lowest BCUT2D eigenvalue weighted by Gasteiger charge is -2.07. The zero-order chi connectivity index (χ0) is 25.2. The van der Waals surface area contributed by atoms with Crippen LogP contribution in [0.15, 0.2) is 59.5 Å². The van der Waals surface area contributed by atoms with Crippen molar-refractivity contribution in [1.82, 2.24) is 0 Å². The first-order valence-electron chi connectivity index (χ1n) is 11.2. The van der Waals surface area contributed by atoms with Gasteiger partial charge in [0, 0.05) is 22.1 Å². The molecule has 196 valence electrons. The lowest BCUT2D eigenvalue weighted by molar-refractivity contribution is 0.158. The number of ether oxygens (including phenoxy) is 2. The molecule has 11 heteroatoms. The highest BCUT2D eigenvalue weighted by molar-refractivity contribution is 8.13. The highest BCUT2D eigenvalue weighted by Crippen LogP contribution is 2.17. The fourth-order valence-corrected chi connectivity index (χ4v) is 3.33. The molecular weight excluding hydrogens is 496 g/mol. The van der Waals surface area contributed by atoms with Gasteiger partial charge in [0.1, 0.15) is 0 Å². The zero-order valence-electron chi connectivity index (χ0n) is 20.1. The maximum absolute atomic E-state index is 11.4. The van der Waals surface area contributed by atoms with Gasteiger partial charge in [-0.05, 0) is 49.2 Å². The Hall–Kier alpha value is -2.82. The fourth-order valence-electron chi connectivity index (χ4n) is 2.56. The molecule has 0 unspecified atom stereocenters. The molecule has 9 nitrogen and oxygen atoms in total. The quantitative estimate of drug-likeness (QED) is 0.271. The molecule has 2 rings (SSSR count). The molecule has 2 amide bonds. The maximum Gasteiger partial charge on any atom is 0.411 e. The molecule has 0 aromatic heterocycles. The van der Waals surface area contributed by atoms with Crippen LogP contribution in [0.5, 0.6) is 0 Å². The number of benzene rings is 2. The number of rotatable bonds is 11. The van der Waals surface area contributed by atoms with E-state index in [-0.39, 0.29) is 16.5 Å². The van der Waals surface area contributed by atoms with E-state index < -0.39 is 15.1 Å². The zero-order valence-corrected chi connectivity index (χ0v) is 21.7. The van der Waals surface area contributed by atoms with E-state index in [0.717, 1.165) is 44.2 Å². The van der Waals surface area contributed by atoms with Crippen molar-refractivity contribution in [3.63, 3.8) is 0 Å². The smallest absolute Gasteiger partial charge is 0.411 e. The molecule has 0 bridgehead atoms. The number of unbranched alkanes of at least 4 members (excludes halogenated alkanes) is 4. The van der Waals surface area contributed by atoms with Crippen LogP contribution in [0.25, 0.3) is 0 Å². The molecular formula is C24H35ClN2O7S. The topological polar surface area (TPSA) is 142 Å². The minimum Gasteiger partial charge on any atom is -0.449 e. The van der Waals surface area contributed by atoms with Crippen LogP contribution in [0.4, 0.5) is 21.0 Å². The molecule has 0 fully saturated rings. The first-order chi connectivity index (χ1) is 16.3. The molecule has 0 spiro atoms. The summed E-state index contributed by atoms with van der Waals surface area (Å²) in [6.45, 7) is 5.04. The molecule has 0 saturated carbocycles. The van der Waals surface area contributed by atoms with E-state index in [1.54, 1.807) is 0 Å². The highest BCUT2D eigenvalue weighted by Gasteiger charge is 2.10. The Balaban J connectivity index is 0.000000659. The summed E-state index contributed by atoms with van der Waals surface area (Å²) in [7, 11) is 1.43. The van der Waals surface area contributed by atoms with Gasteiger partial charge in [0.2, 0.25) is 0 Å². The Morgan fingerprint density at radius 3 is 1.57 bits per heavy atom. The Morgan fingerprint density at radius 2 is 1.17 bits per heavy atom. The number of carbonyl (C=O) groups excluding carboxylic acids is 2. The standard InChI is InChI=1S/C12H16ClNO4S.C12H17NO2.H2O/c1-2-3-4-9-18-12(15)14-10-5-7-11(8-6-10)19(13,16)17;1-2-3-7-10-15-12(14)13-11-8-5-4-6-9-11;/h5-8H,2-4,9H2,1H3,(H,14,15);4-6,8-9H,2-3,7,10H2,1H3,(H,13,14);1H2. The van der Waals surface area contributed by atoms with Crippen molar-refractivity contribution < 1.29 is 33.0 Å². The number of nitrogens with one attached hydrogen (secondary N) is 2. The third-order valence-corrected chi connectivity index (χ3v) is 5.73. The molecule has 0 atom stereocenters. The number of hydrogen-bond donors (Lipinski definition) is 2. The molecule has 35 heavy (non-hydrogen) atoms. The predicted octanol–water partition coefficient (Wildman–Crippen LogP) is 5.95. The van der Waals surface area contributed by atoms with Crippen molar-refractivity contribution in [2.24, 2.45) is 0 Å². The Morgan fingerprint density at radius 1 is 0.743 bits per heavy atom. The van der Waals surface area contributed by atoms with Crippen molar-refractivity contribution in [1.29, 1.82) is 0 Å². The van der Waals surface area contributed by atoms with Gasteiger partial charge in [-0.25, -0.2) is 18.0 Å². The number of para-hydroxylation sites is 1. The first-order valence-corrected chi connectivity index (χ1v) is 13.5. The second-order valence-corrected chi connectivity index (χ2v) is 9.83. The monoisotopic (exact) mass is 530 g/mol. The Bertz CT molecular complexity index is 956. The number of anilines is 2. The van der Waals surface area contributed by atoms with E-state index in [2.05, 4.69) is 24.5 Å². The van der Waals surface area contributed by atoms with Gasteiger partial charge in [0.15, 0.2) is 0 Å². The highest BCUT2D eigenvalue weighted by atomic mass is 35.7. The molecule has 0 saturated heterocycles. The Labute approximate surface area is 211 Å². The molecule has 0 radical (unpaired) electrons. The van der Waals surface area contributed by atoms with Crippen molar-refractivity contribution in [3.05, 3.63) is 54.6 Å². The summed E-state index contributed by atoms with van der Waals surface area (Å²) in [6, 6.07) is 14.8. The summed E-state index contributed by atoms with van der Waals surface area (Å²) in [4.78, 5) is 22.6. The third-order valence-electron chi connectivity index (χ3n) is 4.36. The van der Waals surface area contributed by atoms with E-state index in [4.69, 9.17) is 20.2 Å². The average Bonchev–Trinajstić information content (AvgIpc) is 2.80. The van der Waals surface area contributed by atoms with E-state index in [0.29, 0.717) is 18.9 Å². The summed E-state index contributed by atoms with van der Waals surface area (Å²) in [5.41, 5.74) is 1.21. The van der Waals surface area contributed by atoms with Gasteiger partial charge in [-0.2, -0.15) is 0 Å². The van der Waals surface area contributed by atoms with Gasteiger partial charge in [-0.15, -0.1) is 0 Å². The summed E-state index contributed by atoms with van der Waals surface area (Å²) in [5, 5.41) is 5.16. The molecule has 2 aromatic rings. The lowest BCUT2D eigenvalue weighted by atomic mass is 10.3. The van der Waals surface area contributed by atoms with Crippen LogP contribution in [0.1, 0.15) is 52.4 Å². The molecule has 0 heterocycles. The van der Waals surface area contributed by atoms with Crippen LogP contribution in [-0.4, -0.2) is 39.3 Å². The van der Waals surface area contributed by atoms with Gasteiger partial charge in [-0.1, -0.05) is 57.7 Å². The summed E-state index contributed by atoms with van der Waals surface area (Å²) in [6.07, 6.45) is 5.11. The maximum atomic E-state index is 11.4. The SMILES string of the molecule is CCCCCOC(=O)Nc1ccc(S(=O)(=O)Cl)cc1.CCCCCOC(=O)Nc1ccccc1.O. The summed E-state index contributed by atoms with van der Waals surface area (Å²) >= 11 is 0. The van der Waals surface area contributed by atoms with Gasteiger partial charge in [-0.3, -0.25) is 10.6 Å². The van der Waals surface area contributed by atoms with Crippen molar-refractivity contribution >= 4 is 43.3 Å². The van der Waals surface area contributed by atoms with Crippen molar-refractivity contribution in [3.8, 4) is 0 Å². The minimum atomic E-state index is -3.74. The number of carbonyl (C=O) groups is 2. The van der Waals surface area contributed by atoms with E-state index >= 15 is 0 Å². The summed E-state index contributed by atoms with van der Waals surface area (Å²) < 4.78 is 32.0. The normalized spacial score (nSPS) is 10.1. The van der Waals surface area contributed by atoms with E-state index in [9.17, 15) is 18.0 Å². The van der Waals surface area contributed by atoms with Crippen LogP contribution in [0.2, 0.25) is 0 Å². The number of halogens is 1. The molecule has 4 N–H and O–H groups in total. The molecule has 0 aliphatic carbocycles. The van der Waals surface area contributed by atoms with Crippen LogP contribution in [-0.2, 0) is 18.5 Å². The van der Waals surface area contributed by atoms with Crippen LogP contribution in [0, 0.1) is 0 Å². The van der Waals surface area contributed by atoms with Crippen molar-refractivity contribution in [2.75, 3.05) is 23.8 Å². The minimum absolute atomic E-state index is 0. The fraction of sp³-hybridized carbons (Fsp3) is 0.417. The average molecular weight is 531 g/mol. The molecule has 0 aliphatic heterocycles. The second kappa shape index (κ2) is 18.5. The number of amides is 2. The lowest BCUT2D eigenvalue weighted by Crippen LogP contribution is -2.14. The van der Waals surface area contributed by atoms with E-state index in [1.165, 1.54) is 24.3 Å². The van der Waals surface area contributed by atoms with Crippen LogP contribution in [0.3, 0.4) is 0 Å². The number of hydrogen-bond acceptors (Lipinski definition) is 6. The van der Waals surface area contributed by atoms with Gasteiger partial charge in [0.05, 0.1) is 18.1 Å². The van der Waals surface area contributed by atoms with Gasteiger partial charge in [0.25, 0.3) is 9.05 Å². The van der Waals surface area contributed by atoms with Gasteiger partial charge < -0.3 is 14.9 Å². The second-order valence-electron chi connectivity index (χ2n) is 7.26. The molecule has 0 aliphatic rings. The van der Waals surface area contributed by atoms with Gasteiger partial charge >= 0.3 is 12.2 Å². The molecule has 2 aromatic carbocycles. The van der Waals surface area contributed by atoms with Crippen LogP contribution >= 0.6 is 10.7 Å². The summed E-state index contributed by atoms with van der Waals surface area (Å²) in [5.74, 6) is 0. The third kappa shape index (κ3) is 15.7. The Kier molecular flexibility index (Phi) is 17.0. The largest absolute Gasteiger partial charge is 0.449 e. The van der Waals surface area contributed by atoms with E-state index in [1.807, 2.05) is 30.3 Å². The first kappa shape index (κ1) is 32.2. The van der Waals surface area contributed by atoms with Crippen LogP contribution < -0.4 is 10.6 Å².